The van der Waals surface area contributed by atoms with E-state index in [-0.39, 0.29) is 0 Å². The number of hydrogen-bond acceptors (Lipinski definition) is 4. The van der Waals surface area contributed by atoms with Gasteiger partial charge in [-0.1, -0.05) is 30.3 Å². The SMILES string of the molecule is Cc1ccc(CN(CCN2CCOCC2)C(=S)NCc2ccccc2)o1. The third kappa shape index (κ3) is 5.83. The number of furan rings is 1. The van der Waals surface area contributed by atoms with Crippen LogP contribution in [0.3, 0.4) is 0 Å². The summed E-state index contributed by atoms with van der Waals surface area (Å²) >= 11 is 5.68. The van der Waals surface area contributed by atoms with Crippen molar-refractivity contribution in [1.82, 2.24) is 15.1 Å². The molecule has 0 saturated carbocycles. The Morgan fingerprint density at radius 1 is 1.15 bits per heavy atom. The number of nitrogens with zero attached hydrogens (tertiary/aromatic N) is 2. The molecule has 5 nitrogen and oxygen atoms in total. The van der Waals surface area contributed by atoms with Gasteiger partial charge in [-0.3, -0.25) is 4.90 Å². The summed E-state index contributed by atoms with van der Waals surface area (Å²) in [5, 5.41) is 4.15. The first-order chi connectivity index (χ1) is 12.7. The molecule has 0 unspecified atom stereocenters. The van der Waals surface area contributed by atoms with Crippen molar-refractivity contribution in [3.63, 3.8) is 0 Å². The number of nitrogens with one attached hydrogen (secondary N) is 1. The van der Waals surface area contributed by atoms with Crippen LogP contribution in [0.25, 0.3) is 0 Å². The fourth-order valence-corrected chi connectivity index (χ4v) is 3.21. The minimum Gasteiger partial charge on any atom is -0.464 e. The Kier molecular flexibility index (Phi) is 7.05. The van der Waals surface area contributed by atoms with Crippen LogP contribution in [0.5, 0.6) is 0 Å². The molecular weight excluding hydrogens is 346 g/mol. The average molecular weight is 374 g/mol. The highest BCUT2D eigenvalue weighted by Gasteiger charge is 2.16. The van der Waals surface area contributed by atoms with Gasteiger partial charge in [-0.15, -0.1) is 0 Å². The van der Waals surface area contributed by atoms with Crippen molar-refractivity contribution in [2.24, 2.45) is 0 Å². The summed E-state index contributed by atoms with van der Waals surface area (Å²) in [6.45, 7) is 8.80. The molecule has 1 aromatic heterocycles. The van der Waals surface area contributed by atoms with Crippen LogP contribution in [0.15, 0.2) is 46.9 Å². The predicted octanol–water partition coefficient (Wildman–Crippen LogP) is 2.80. The topological polar surface area (TPSA) is 40.9 Å². The van der Waals surface area contributed by atoms with Crippen molar-refractivity contribution in [1.29, 1.82) is 0 Å². The van der Waals surface area contributed by atoms with Gasteiger partial charge in [-0.05, 0) is 36.8 Å². The Labute approximate surface area is 160 Å². The molecule has 0 spiro atoms. The maximum Gasteiger partial charge on any atom is 0.169 e. The highest BCUT2D eigenvalue weighted by molar-refractivity contribution is 7.80. The summed E-state index contributed by atoms with van der Waals surface area (Å²) in [5.74, 6) is 1.87. The highest BCUT2D eigenvalue weighted by Crippen LogP contribution is 2.11. The van der Waals surface area contributed by atoms with Crippen molar-refractivity contribution in [3.8, 4) is 0 Å². The largest absolute Gasteiger partial charge is 0.464 e. The lowest BCUT2D eigenvalue weighted by atomic mass is 10.2. The molecule has 0 atom stereocenters. The number of hydrogen-bond donors (Lipinski definition) is 1. The normalized spacial score (nSPS) is 15.0. The van der Waals surface area contributed by atoms with Crippen LogP contribution in [0.2, 0.25) is 0 Å². The third-order valence-electron chi connectivity index (χ3n) is 4.51. The van der Waals surface area contributed by atoms with Gasteiger partial charge in [0.05, 0.1) is 19.8 Å². The monoisotopic (exact) mass is 373 g/mol. The number of morpholine rings is 1. The van der Waals surface area contributed by atoms with Crippen LogP contribution in [-0.4, -0.2) is 54.3 Å². The molecule has 0 radical (unpaired) electrons. The summed E-state index contributed by atoms with van der Waals surface area (Å²) in [6, 6.07) is 14.3. The van der Waals surface area contributed by atoms with E-state index in [0.29, 0.717) is 6.54 Å². The van der Waals surface area contributed by atoms with Crippen LogP contribution < -0.4 is 5.32 Å². The molecule has 26 heavy (non-hydrogen) atoms. The zero-order valence-corrected chi connectivity index (χ0v) is 16.1. The Morgan fingerprint density at radius 2 is 1.92 bits per heavy atom. The van der Waals surface area contributed by atoms with Gasteiger partial charge in [-0.25, -0.2) is 0 Å². The summed E-state index contributed by atoms with van der Waals surface area (Å²) in [5.41, 5.74) is 1.22. The molecule has 2 heterocycles. The quantitative estimate of drug-likeness (QED) is 0.753. The molecule has 1 aliphatic rings. The van der Waals surface area contributed by atoms with Crippen molar-refractivity contribution in [2.45, 2.75) is 20.0 Å². The molecule has 0 aliphatic carbocycles. The summed E-state index contributed by atoms with van der Waals surface area (Å²) in [4.78, 5) is 4.61. The molecule has 140 valence electrons. The van der Waals surface area contributed by atoms with Gasteiger partial charge in [0.15, 0.2) is 5.11 Å². The van der Waals surface area contributed by atoms with Crippen molar-refractivity contribution in [2.75, 3.05) is 39.4 Å². The van der Waals surface area contributed by atoms with Gasteiger partial charge < -0.3 is 19.4 Å². The Morgan fingerprint density at radius 3 is 2.62 bits per heavy atom. The number of thiocarbonyl (C=S) groups is 1. The number of benzene rings is 1. The van der Waals surface area contributed by atoms with E-state index in [1.807, 2.05) is 37.3 Å². The molecule has 0 amide bonds. The zero-order valence-electron chi connectivity index (χ0n) is 15.3. The number of ether oxygens (including phenoxy) is 1. The van der Waals surface area contributed by atoms with Gasteiger partial charge in [0.2, 0.25) is 0 Å². The minimum absolute atomic E-state index is 0.679. The summed E-state index contributed by atoms with van der Waals surface area (Å²) < 4.78 is 11.2. The molecule has 1 fully saturated rings. The minimum atomic E-state index is 0.679. The van der Waals surface area contributed by atoms with E-state index < -0.39 is 0 Å². The first-order valence-electron chi connectivity index (χ1n) is 9.13. The van der Waals surface area contributed by atoms with E-state index in [4.69, 9.17) is 21.4 Å². The standard InChI is InChI=1S/C20H27N3O2S/c1-17-7-8-19(25-17)16-23(10-9-22-11-13-24-14-12-22)20(26)21-15-18-5-3-2-4-6-18/h2-8H,9-16H2,1H3,(H,21,26). The van der Waals surface area contributed by atoms with Gasteiger partial charge in [-0.2, -0.15) is 0 Å². The van der Waals surface area contributed by atoms with Crippen molar-refractivity contribution in [3.05, 3.63) is 59.5 Å². The molecule has 1 saturated heterocycles. The van der Waals surface area contributed by atoms with Gasteiger partial charge >= 0.3 is 0 Å². The van der Waals surface area contributed by atoms with Gasteiger partial charge in [0.25, 0.3) is 0 Å². The second kappa shape index (κ2) is 9.71. The van der Waals surface area contributed by atoms with E-state index in [1.54, 1.807) is 0 Å². The number of rotatable bonds is 7. The van der Waals surface area contributed by atoms with Crippen LogP contribution in [-0.2, 0) is 17.8 Å². The molecule has 1 aromatic carbocycles. The number of aryl methyl sites for hydroxylation is 1. The lowest BCUT2D eigenvalue weighted by Crippen LogP contribution is -2.45. The molecule has 2 aromatic rings. The maximum atomic E-state index is 5.76. The molecular formula is C20H27N3O2S. The van der Waals surface area contributed by atoms with Crippen LogP contribution in [0, 0.1) is 6.92 Å². The first-order valence-corrected chi connectivity index (χ1v) is 9.53. The van der Waals surface area contributed by atoms with Crippen LogP contribution in [0.4, 0.5) is 0 Å². The average Bonchev–Trinajstić information content (AvgIpc) is 3.09. The van der Waals surface area contributed by atoms with Crippen LogP contribution in [0.1, 0.15) is 17.1 Å². The maximum absolute atomic E-state index is 5.76. The van der Waals surface area contributed by atoms with Crippen molar-refractivity contribution < 1.29 is 9.15 Å². The second-order valence-electron chi connectivity index (χ2n) is 6.53. The lowest BCUT2D eigenvalue weighted by Gasteiger charge is -2.31. The lowest BCUT2D eigenvalue weighted by molar-refractivity contribution is 0.0355. The van der Waals surface area contributed by atoms with E-state index in [0.717, 1.165) is 62.6 Å². The van der Waals surface area contributed by atoms with Crippen molar-refractivity contribution >= 4 is 17.3 Å². The highest BCUT2D eigenvalue weighted by atomic mass is 32.1. The van der Waals surface area contributed by atoms with Crippen LogP contribution >= 0.6 is 12.2 Å². The molecule has 3 rings (SSSR count). The first kappa shape index (κ1) is 18.9. The van der Waals surface area contributed by atoms with E-state index in [2.05, 4.69) is 27.2 Å². The Hall–Kier alpha value is -1.89. The molecule has 1 N–H and O–H groups in total. The molecule has 6 heteroatoms. The molecule has 0 bridgehead atoms. The zero-order chi connectivity index (χ0) is 18.2. The fourth-order valence-electron chi connectivity index (χ4n) is 2.98. The fraction of sp³-hybridized carbons (Fsp3) is 0.450. The Balaban J connectivity index is 1.57. The second-order valence-corrected chi connectivity index (χ2v) is 6.92. The van der Waals surface area contributed by atoms with Gasteiger partial charge in [0.1, 0.15) is 11.5 Å². The smallest absolute Gasteiger partial charge is 0.169 e. The van der Waals surface area contributed by atoms with E-state index >= 15 is 0 Å². The Bertz CT molecular complexity index is 683. The molecule has 1 aliphatic heterocycles. The van der Waals surface area contributed by atoms with E-state index in [9.17, 15) is 0 Å². The van der Waals surface area contributed by atoms with E-state index in [1.165, 1.54) is 5.56 Å². The summed E-state index contributed by atoms with van der Waals surface area (Å²) in [6.07, 6.45) is 0. The van der Waals surface area contributed by atoms with Gasteiger partial charge in [0, 0.05) is 32.7 Å². The third-order valence-corrected chi connectivity index (χ3v) is 4.91. The predicted molar refractivity (Wildman–Crippen MR) is 107 cm³/mol. The summed E-state index contributed by atoms with van der Waals surface area (Å²) in [7, 11) is 0.